The summed E-state index contributed by atoms with van der Waals surface area (Å²) in [6.45, 7) is 10.7. The highest BCUT2D eigenvalue weighted by molar-refractivity contribution is 6.20. The van der Waals surface area contributed by atoms with E-state index in [1.165, 1.54) is 11.3 Å². The summed E-state index contributed by atoms with van der Waals surface area (Å²) in [5.41, 5.74) is 3.67. The molecule has 1 aromatic heterocycles. The molecule has 3 nitrogen and oxygen atoms in total. The van der Waals surface area contributed by atoms with E-state index in [2.05, 4.69) is 25.5 Å². The minimum atomic E-state index is 0.0794. The maximum atomic E-state index is 6.45. The summed E-state index contributed by atoms with van der Waals surface area (Å²) < 4.78 is 7.49. The first-order chi connectivity index (χ1) is 8.69. The molecule has 1 heterocycles. The lowest BCUT2D eigenvalue weighted by Crippen LogP contribution is -2.11. The van der Waals surface area contributed by atoms with Gasteiger partial charge in [-0.2, -0.15) is 5.10 Å². The molecule has 0 aliphatic carbocycles. The van der Waals surface area contributed by atoms with Crippen LogP contribution in [-0.4, -0.2) is 23.0 Å². The average molecular weight is 273 g/mol. The first kappa shape index (κ1) is 15.5. The molecule has 1 rings (SSSR count). The third-order valence-electron chi connectivity index (χ3n) is 3.17. The van der Waals surface area contributed by atoms with Gasteiger partial charge in [0.1, 0.15) is 0 Å². The molecule has 1 atom stereocenters. The van der Waals surface area contributed by atoms with Gasteiger partial charge in [0, 0.05) is 17.9 Å². The van der Waals surface area contributed by atoms with Crippen LogP contribution in [0.3, 0.4) is 0 Å². The Morgan fingerprint density at radius 3 is 2.44 bits per heavy atom. The minimum absolute atomic E-state index is 0.0794. The predicted octanol–water partition coefficient (Wildman–Crippen LogP) is 3.73. The predicted molar refractivity (Wildman–Crippen MR) is 76.4 cm³/mol. The molecule has 0 aromatic carbocycles. The standard InChI is InChI=1S/C14H25ClN2O/c1-5-11(15)14-12(6-2)16-17(13(14)7-3)9-10-18-8-4/h11H,5-10H2,1-4H3. The highest BCUT2D eigenvalue weighted by Gasteiger charge is 2.20. The maximum Gasteiger partial charge on any atom is 0.0671 e. The Balaban J connectivity index is 3.00. The summed E-state index contributed by atoms with van der Waals surface area (Å²) in [5, 5.41) is 4.77. The number of hydrogen-bond donors (Lipinski definition) is 0. The lowest BCUT2D eigenvalue weighted by atomic mass is 10.0. The lowest BCUT2D eigenvalue weighted by Gasteiger charge is -2.11. The number of halogens is 1. The van der Waals surface area contributed by atoms with Gasteiger partial charge >= 0.3 is 0 Å². The molecular weight excluding hydrogens is 248 g/mol. The SMILES string of the molecule is CCOCCn1nc(CC)c(C(Cl)CC)c1CC. The van der Waals surface area contributed by atoms with Gasteiger partial charge in [-0.3, -0.25) is 4.68 Å². The third kappa shape index (κ3) is 3.48. The van der Waals surface area contributed by atoms with Crippen molar-refractivity contribution in [2.24, 2.45) is 0 Å². The van der Waals surface area contributed by atoms with E-state index in [0.29, 0.717) is 6.61 Å². The van der Waals surface area contributed by atoms with Crippen LogP contribution in [0.1, 0.15) is 56.4 Å². The molecule has 0 N–H and O–H groups in total. The zero-order valence-corrected chi connectivity index (χ0v) is 12.8. The van der Waals surface area contributed by atoms with Crippen LogP contribution in [0.25, 0.3) is 0 Å². The van der Waals surface area contributed by atoms with Crippen LogP contribution < -0.4 is 0 Å². The Labute approximate surface area is 115 Å². The quantitative estimate of drug-likeness (QED) is 0.533. The first-order valence-electron chi connectivity index (χ1n) is 6.99. The molecule has 0 aliphatic rings. The van der Waals surface area contributed by atoms with Crippen molar-refractivity contribution in [3.63, 3.8) is 0 Å². The molecule has 1 unspecified atom stereocenters. The van der Waals surface area contributed by atoms with E-state index in [0.717, 1.165) is 38.1 Å². The summed E-state index contributed by atoms with van der Waals surface area (Å²) in [4.78, 5) is 0. The lowest BCUT2D eigenvalue weighted by molar-refractivity contribution is 0.135. The second-order valence-corrected chi connectivity index (χ2v) is 4.84. The van der Waals surface area contributed by atoms with Crippen molar-refractivity contribution in [1.29, 1.82) is 0 Å². The summed E-state index contributed by atoms with van der Waals surface area (Å²) in [5.74, 6) is 0. The van der Waals surface area contributed by atoms with E-state index < -0.39 is 0 Å². The number of rotatable bonds is 8. The Kier molecular flexibility index (Phi) is 6.72. The fraction of sp³-hybridized carbons (Fsp3) is 0.786. The summed E-state index contributed by atoms with van der Waals surface area (Å²) in [6, 6.07) is 0. The topological polar surface area (TPSA) is 27.1 Å². The Bertz CT molecular complexity index is 363. The van der Waals surface area contributed by atoms with E-state index in [9.17, 15) is 0 Å². The van der Waals surface area contributed by atoms with Crippen LogP contribution in [0.2, 0.25) is 0 Å². The molecule has 1 aromatic rings. The van der Waals surface area contributed by atoms with Gasteiger partial charge in [0.15, 0.2) is 0 Å². The van der Waals surface area contributed by atoms with Crippen LogP contribution in [0, 0.1) is 0 Å². The van der Waals surface area contributed by atoms with E-state index >= 15 is 0 Å². The number of nitrogens with zero attached hydrogens (tertiary/aromatic N) is 2. The average Bonchev–Trinajstić information content (AvgIpc) is 2.75. The summed E-state index contributed by atoms with van der Waals surface area (Å²) >= 11 is 6.45. The van der Waals surface area contributed by atoms with E-state index in [-0.39, 0.29) is 5.38 Å². The highest BCUT2D eigenvalue weighted by atomic mass is 35.5. The molecule has 0 amide bonds. The second-order valence-electron chi connectivity index (χ2n) is 4.31. The number of alkyl halides is 1. The van der Waals surface area contributed by atoms with Crippen molar-refractivity contribution in [1.82, 2.24) is 9.78 Å². The van der Waals surface area contributed by atoms with Gasteiger partial charge in [0.05, 0.1) is 24.2 Å². The molecule has 0 saturated heterocycles. The molecule has 0 radical (unpaired) electrons. The molecule has 0 saturated carbocycles. The fourth-order valence-electron chi connectivity index (χ4n) is 2.25. The molecule has 4 heteroatoms. The van der Waals surface area contributed by atoms with Gasteiger partial charge < -0.3 is 4.74 Å². The minimum Gasteiger partial charge on any atom is -0.380 e. The maximum absolute atomic E-state index is 6.45. The molecule has 0 fully saturated rings. The fourth-order valence-corrected chi connectivity index (χ4v) is 2.50. The molecule has 104 valence electrons. The van der Waals surface area contributed by atoms with Crippen molar-refractivity contribution in [2.45, 2.75) is 58.9 Å². The van der Waals surface area contributed by atoms with Crippen molar-refractivity contribution in [3.8, 4) is 0 Å². The monoisotopic (exact) mass is 272 g/mol. The van der Waals surface area contributed by atoms with E-state index in [1.54, 1.807) is 0 Å². The van der Waals surface area contributed by atoms with Gasteiger partial charge in [-0.1, -0.05) is 20.8 Å². The Morgan fingerprint density at radius 2 is 1.94 bits per heavy atom. The zero-order valence-electron chi connectivity index (χ0n) is 12.0. The van der Waals surface area contributed by atoms with Gasteiger partial charge in [-0.15, -0.1) is 11.6 Å². The zero-order chi connectivity index (χ0) is 13.5. The van der Waals surface area contributed by atoms with Crippen LogP contribution in [0.4, 0.5) is 0 Å². The van der Waals surface area contributed by atoms with Crippen LogP contribution in [0.5, 0.6) is 0 Å². The van der Waals surface area contributed by atoms with Gasteiger partial charge in [-0.05, 0) is 26.2 Å². The van der Waals surface area contributed by atoms with Crippen LogP contribution in [-0.2, 0) is 24.1 Å². The van der Waals surface area contributed by atoms with Crippen molar-refractivity contribution in [3.05, 3.63) is 17.0 Å². The first-order valence-corrected chi connectivity index (χ1v) is 7.43. The van der Waals surface area contributed by atoms with Crippen molar-refractivity contribution < 1.29 is 4.74 Å². The number of aromatic nitrogens is 2. The summed E-state index contributed by atoms with van der Waals surface area (Å²) in [6.07, 6.45) is 2.85. The second kappa shape index (κ2) is 7.80. The molecule has 0 aliphatic heterocycles. The molecule has 18 heavy (non-hydrogen) atoms. The number of hydrogen-bond acceptors (Lipinski definition) is 2. The highest BCUT2D eigenvalue weighted by Crippen LogP contribution is 2.31. The van der Waals surface area contributed by atoms with Gasteiger partial charge in [-0.25, -0.2) is 0 Å². The molecule has 0 bridgehead atoms. The van der Waals surface area contributed by atoms with Gasteiger partial charge in [0.2, 0.25) is 0 Å². The van der Waals surface area contributed by atoms with E-state index in [1.807, 2.05) is 6.92 Å². The normalized spacial score (nSPS) is 12.9. The van der Waals surface area contributed by atoms with Crippen LogP contribution in [0.15, 0.2) is 0 Å². The van der Waals surface area contributed by atoms with Gasteiger partial charge in [0.25, 0.3) is 0 Å². The molecular formula is C14H25ClN2O. The van der Waals surface area contributed by atoms with E-state index in [4.69, 9.17) is 21.4 Å². The number of aryl methyl sites for hydroxylation is 1. The largest absolute Gasteiger partial charge is 0.380 e. The number of ether oxygens (including phenoxy) is 1. The Morgan fingerprint density at radius 1 is 1.22 bits per heavy atom. The van der Waals surface area contributed by atoms with Crippen molar-refractivity contribution >= 4 is 11.6 Å². The van der Waals surface area contributed by atoms with Crippen molar-refractivity contribution in [2.75, 3.05) is 13.2 Å². The smallest absolute Gasteiger partial charge is 0.0671 e. The summed E-state index contributed by atoms with van der Waals surface area (Å²) in [7, 11) is 0. The Hall–Kier alpha value is -0.540. The molecule has 0 spiro atoms. The third-order valence-corrected chi connectivity index (χ3v) is 3.69. The van der Waals surface area contributed by atoms with Crippen LogP contribution >= 0.6 is 11.6 Å².